The number of rotatable bonds is 4. The van der Waals surface area contributed by atoms with Crippen molar-refractivity contribution in [3.05, 3.63) is 40.7 Å². The van der Waals surface area contributed by atoms with Gasteiger partial charge in [0, 0.05) is 20.1 Å². The van der Waals surface area contributed by atoms with E-state index in [1.54, 1.807) is 16.6 Å². The molecule has 6 heteroatoms. The molecule has 0 unspecified atom stereocenters. The van der Waals surface area contributed by atoms with Crippen LogP contribution in [0.4, 0.5) is 0 Å². The number of nitrogens with zero attached hydrogens (tertiary/aromatic N) is 3. The molecule has 1 saturated heterocycles. The van der Waals surface area contributed by atoms with Crippen molar-refractivity contribution in [2.24, 2.45) is 7.05 Å². The molecule has 0 bridgehead atoms. The number of benzene rings is 1. The molecule has 2 aromatic rings. The Hall–Kier alpha value is -1.17. The Bertz CT molecular complexity index is 663. The van der Waals surface area contributed by atoms with Crippen molar-refractivity contribution >= 4 is 23.5 Å². The Kier molecular flexibility index (Phi) is 5.19. The van der Waals surface area contributed by atoms with Crippen LogP contribution in [-0.2, 0) is 7.05 Å². The first-order valence-corrected chi connectivity index (χ1v) is 9.03. The Balaban J connectivity index is 1.53. The summed E-state index contributed by atoms with van der Waals surface area (Å²) in [4.78, 5) is 1.06. The lowest BCUT2D eigenvalue weighted by Gasteiger charge is -2.31. The van der Waals surface area contributed by atoms with Crippen molar-refractivity contribution in [1.29, 1.82) is 0 Å². The smallest absolute Gasteiger partial charge is 0.141 e. The van der Waals surface area contributed by atoms with E-state index in [1.807, 2.05) is 14.0 Å². The summed E-state index contributed by atoms with van der Waals surface area (Å²) < 4.78 is 10.2. The third-order valence-electron chi connectivity index (χ3n) is 4.05. The molecule has 1 aliphatic heterocycles. The summed E-state index contributed by atoms with van der Waals surface area (Å²) in [6.07, 6.45) is 2.34. The van der Waals surface area contributed by atoms with Gasteiger partial charge in [-0.05, 0) is 50.8 Å². The maximum absolute atomic E-state index is 6.31. The molecule has 0 aliphatic carbocycles. The molecule has 4 nitrogen and oxygen atoms in total. The van der Waals surface area contributed by atoms with Gasteiger partial charge in [0.25, 0.3) is 0 Å². The first kappa shape index (κ1) is 16.7. The van der Waals surface area contributed by atoms with Crippen molar-refractivity contribution in [1.82, 2.24) is 14.1 Å². The van der Waals surface area contributed by atoms with Crippen molar-refractivity contribution in [2.45, 2.75) is 37.7 Å². The Morgan fingerprint density at radius 3 is 2.39 bits per heavy atom. The van der Waals surface area contributed by atoms with E-state index in [2.05, 4.69) is 40.6 Å². The highest BCUT2D eigenvalue weighted by Crippen LogP contribution is 2.34. The lowest BCUT2D eigenvalue weighted by Crippen LogP contribution is -2.34. The van der Waals surface area contributed by atoms with E-state index in [9.17, 15) is 0 Å². The number of halogens is 1. The van der Waals surface area contributed by atoms with Gasteiger partial charge >= 0.3 is 0 Å². The van der Waals surface area contributed by atoms with Crippen LogP contribution < -0.4 is 4.74 Å². The second kappa shape index (κ2) is 7.16. The van der Waals surface area contributed by atoms with Crippen molar-refractivity contribution in [2.75, 3.05) is 13.1 Å². The fourth-order valence-electron chi connectivity index (χ4n) is 2.69. The van der Waals surface area contributed by atoms with Crippen LogP contribution >= 0.6 is 23.5 Å². The summed E-state index contributed by atoms with van der Waals surface area (Å²) in [6.45, 7) is 6.07. The van der Waals surface area contributed by atoms with Crippen LogP contribution in [0, 0.1) is 13.8 Å². The third-order valence-corrected chi connectivity index (χ3v) is 5.89. The fourth-order valence-corrected chi connectivity index (χ4v) is 4.00. The molecule has 0 N–H and O–H groups in total. The highest BCUT2D eigenvalue weighted by molar-refractivity contribution is 7.97. The van der Waals surface area contributed by atoms with E-state index in [4.69, 9.17) is 16.3 Å². The highest BCUT2D eigenvalue weighted by Gasteiger charge is 2.23. The van der Waals surface area contributed by atoms with Gasteiger partial charge in [-0.2, -0.15) is 5.10 Å². The number of hydrogen-bond acceptors (Lipinski definition) is 4. The second-order valence-electron chi connectivity index (χ2n) is 5.98. The minimum atomic E-state index is 0.292. The minimum absolute atomic E-state index is 0.292. The Morgan fingerprint density at radius 2 is 1.83 bits per heavy atom. The molecule has 1 aliphatic rings. The lowest BCUT2D eigenvalue weighted by molar-refractivity contribution is 0.139. The van der Waals surface area contributed by atoms with Crippen LogP contribution in [0.3, 0.4) is 0 Å². The molecule has 1 aromatic heterocycles. The van der Waals surface area contributed by atoms with Crippen LogP contribution in [-0.4, -0.2) is 33.3 Å². The van der Waals surface area contributed by atoms with Gasteiger partial charge in [0.2, 0.25) is 0 Å². The van der Waals surface area contributed by atoms with Crippen LogP contribution in [0.15, 0.2) is 29.2 Å². The monoisotopic (exact) mass is 351 g/mol. The predicted molar refractivity (Wildman–Crippen MR) is 95.2 cm³/mol. The van der Waals surface area contributed by atoms with Crippen LogP contribution in [0.5, 0.6) is 5.75 Å². The zero-order chi connectivity index (χ0) is 16.4. The van der Waals surface area contributed by atoms with Gasteiger partial charge in [-0.15, -0.1) is 0 Å². The topological polar surface area (TPSA) is 30.3 Å². The zero-order valence-corrected chi connectivity index (χ0v) is 15.3. The lowest BCUT2D eigenvalue weighted by atomic mass is 10.1. The average Bonchev–Trinajstić information content (AvgIpc) is 2.78. The predicted octanol–water partition coefficient (Wildman–Crippen LogP) is 4.24. The van der Waals surface area contributed by atoms with Gasteiger partial charge in [-0.25, -0.2) is 4.31 Å². The second-order valence-corrected chi connectivity index (χ2v) is 7.44. The molecule has 0 spiro atoms. The summed E-state index contributed by atoms with van der Waals surface area (Å²) in [6, 6.07) is 8.28. The van der Waals surface area contributed by atoms with Gasteiger partial charge in [0.15, 0.2) is 0 Å². The van der Waals surface area contributed by atoms with Crippen LogP contribution in [0.1, 0.15) is 24.1 Å². The minimum Gasteiger partial charge on any atom is -0.490 e. The van der Waals surface area contributed by atoms with E-state index >= 15 is 0 Å². The summed E-state index contributed by atoms with van der Waals surface area (Å²) in [5.41, 5.74) is 2.24. The number of ether oxygens (including phenoxy) is 1. The number of aromatic nitrogens is 2. The molecule has 2 heterocycles. The number of piperidine rings is 1. The molecule has 23 heavy (non-hydrogen) atoms. The summed E-state index contributed by atoms with van der Waals surface area (Å²) >= 11 is 8.02. The molecule has 0 radical (unpaired) electrons. The highest BCUT2D eigenvalue weighted by atomic mass is 35.5. The molecule has 0 atom stereocenters. The maximum atomic E-state index is 6.31. The maximum Gasteiger partial charge on any atom is 0.141 e. The summed E-state index contributed by atoms with van der Waals surface area (Å²) in [7, 11) is 1.88. The molecular formula is C17H22ClN3OS. The van der Waals surface area contributed by atoms with Gasteiger partial charge < -0.3 is 4.74 Å². The standard InChI is InChI=1S/C17H22ClN3OS/c1-12-4-6-14(7-5-12)22-15-8-10-21(11-9-15)23-16-13(2)19-20(3)17(16)18/h4-7,15H,8-11H2,1-3H3. The summed E-state index contributed by atoms with van der Waals surface area (Å²) in [5.74, 6) is 0.966. The first-order chi connectivity index (χ1) is 11.0. The quantitative estimate of drug-likeness (QED) is 0.771. The van der Waals surface area contributed by atoms with Crippen molar-refractivity contribution in [3.63, 3.8) is 0 Å². The molecule has 1 fully saturated rings. The molecule has 0 amide bonds. The zero-order valence-electron chi connectivity index (χ0n) is 13.8. The van der Waals surface area contributed by atoms with Crippen LogP contribution in [0.2, 0.25) is 5.15 Å². The van der Waals surface area contributed by atoms with Crippen molar-refractivity contribution < 1.29 is 4.74 Å². The molecule has 124 valence electrons. The normalized spacial score (nSPS) is 16.7. The first-order valence-electron chi connectivity index (χ1n) is 7.88. The van der Waals surface area contributed by atoms with E-state index in [0.29, 0.717) is 11.3 Å². The average molecular weight is 352 g/mol. The van der Waals surface area contributed by atoms with E-state index in [1.165, 1.54) is 5.56 Å². The third kappa shape index (κ3) is 4.03. The largest absolute Gasteiger partial charge is 0.490 e. The summed E-state index contributed by atoms with van der Waals surface area (Å²) in [5, 5.41) is 5.08. The number of aryl methyl sites for hydroxylation is 3. The Morgan fingerprint density at radius 1 is 1.17 bits per heavy atom. The molecule has 3 rings (SSSR count). The molecular weight excluding hydrogens is 330 g/mol. The SMILES string of the molecule is Cc1ccc(OC2CCN(Sc3c(C)nn(C)c3Cl)CC2)cc1. The van der Waals surface area contributed by atoms with E-state index in [0.717, 1.165) is 42.3 Å². The fraction of sp³-hybridized carbons (Fsp3) is 0.471. The number of hydrogen-bond donors (Lipinski definition) is 0. The van der Waals surface area contributed by atoms with E-state index in [-0.39, 0.29) is 0 Å². The Labute approximate surface area is 146 Å². The van der Waals surface area contributed by atoms with Gasteiger partial charge in [0.1, 0.15) is 17.0 Å². The van der Waals surface area contributed by atoms with Crippen LogP contribution in [0.25, 0.3) is 0 Å². The van der Waals surface area contributed by atoms with Gasteiger partial charge in [0.05, 0.1) is 10.6 Å². The van der Waals surface area contributed by atoms with Gasteiger partial charge in [-0.1, -0.05) is 29.3 Å². The molecule has 0 saturated carbocycles. The molecule has 1 aromatic carbocycles. The van der Waals surface area contributed by atoms with Gasteiger partial charge in [-0.3, -0.25) is 4.68 Å². The van der Waals surface area contributed by atoms with E-state index < -0.39 is 0 Å². The van der Waals surface area contributed by atoms with Crippen molar-refractivity contribution in [3.8, 4) is 5.75 Å².